The number of quaternary nitrogens is 1. The maximum absolute atomic E-state index is 13.7. The normalized spacial score (nSPS) is 14.7. The average molecular weight is 415 g/mol. The standard InChI is InChI=1S/C22H27FN4O3/c1-5-27(30,6-2)10-9-24-22(29)20-13(3)19(25-14(20)4)12-17-16-11-15(23)7-8-18(16)26-21(17)28/h7-8,11-12,30H,5-6,9-10H2,1-4H3,(H2-,24,25,26,28,29)/p+1. The number of hydrogen-bond acceptors (Lipinski definition) is 3. The quantitative estimate of drug-likeness (QED) is 0.318. The summed E-state index contributed by atoms with van der Waals surface area (Å²) >= 11 is 0. The van der Waals surface area contributed by atoms with Crippen LogP contribution in [0.2, 0.25) is 0 Å². The van der Waals surface area contributed by atoms with Crippen molar-refractivity contribution >= 4 is 29.2 Å². The number of H-pyrrole nitrogens is 1. The molecule has 0 bridgehead atoms. The molecule has 0 radical (unpaired) electrons. The summed E-state index contributed by atoms with van der Waals surface area (Å²) in [5.74, 6) is -0.982. The molecule has 0 unspecified atom stereocenters. The van der Waals surface area contributed by atoms with E-state index in [1.165, 1.54) is 18.2 Å². The molecule has 7 nitrogen and oxygen atoms in total. The highest BCUT2D eigenvalue weighted by atomic mass is 19.1. The summed E-state index contributed by atoms with van der Waals surface area (Å²) < 4.78 is 13.6. The minimum atomic E-state index is -0.423. The Hall–Kier alpha value is -2.97. The minimum Gasteiger partial charge on any atom is -0.358 e. The van der Waals surface area contributed by atoms with Crippen LogP contribution in [0.25, 0.3) is 11.6 Å². The predicted molar refractivity (Wildman–Crippen MR) is 113 cm³/mol. The molecule has 1 aliphatic heterocycles. The van der Waals surface area contributed by atoms with Crippen LogP contribution in [0, 0.1) is 19.7 Å². The van der Waals surface area contributed by atoms with Crippen molar-refractivity contribution in [3.63, 3.8) is 0 Å². The Morgan fingerprint density at radius 3 is 2.63 bits per heavy atom. The Morgan fingerprint density at radius 1 is 1.27 bits per heavy atom. The first kappa shape index (κ1) is 21.7. The number of nitrogens with one attached hydrogen (secondary N) is 3. The fourth-order valence-electron chi connectivity index (χ4n) is 3.71. The molecule has 0 saturated carbocycles. The summed E-state index contributed by atoms with van der Waals surface area (Å²) in [6, 6.07) is 4.14. The predicted octanol–water partition coefficient (Wildman–Crippen LogP) is 3.24. The third-order valence-electron chi connectivity index (χ3n) is 5.75. The molecule has 1 aromatic carbocycles. The number of hydroxylamine groups is 3. The van der Waals surface area contributed by atoms with E-state index in [-0.39, 0.29) is 16.5 Å². The third-order valence-corrected chi connectivity index (χ3v) is 5.75. The lowest BCUT2D eigenvalue weighted by Gasteiger charge is -2.27. The molecule has 1 aromatic heterocycles. The summed E-state index contributed by atoms with van der Waals surface area (Å²) in [4.78, 5) is 28.2. The van der Waals surface area contributed by atoms with Crippen molar-refractivity contribution in [3.05, 3.63) is 52.1 Å². The van der Waals surface area contributed by atoms with Crippen LogP contribution in [0.15, 0.2) is 18.2 Å². The highest BCUT2D eigenvalue weighted by Crippen LogP contribution is 2.34. The Labute approximate surface area is 175 Å². The van der Waals surface area contributed by atoms with Crippen LogP contribution in [-0.2, 0) is 4.79 Å². The van der Waals surface area contributed by atoms with Crippen molar-refractivity contribution < 1.29 is 23.8 Å². The Bertz CT molecular complexity index is 1020. The van der Waals surface area contributed by atoms with E-state index in [9.17, 15) is 19.2 Å². The number of benzene rings is 1. The SMILES string of the molecule is CC[N+](O)(CC)CCNC(=O)c1c(C)[nH]c(/C=C2\C(=O)Nc3ccc(F)cc32)c1C. The smallest absolute Gasteiger partial charge is 0.256 e. The van der Waals surface area contributed by atoms with Crippen LogP contribution >= 0.6 is 0 Å². The van der Waals surface area contributed by atoms with E-state index in [4.69, 9.17) is 0 Å². The van der Waals surface area contributed by atoms with Gasteiger partial charge in [-0.05, 0) is 57.5 Å². The number of carbonyl (C=O) groups is 2. The summed E-state index contributed by atoms with van der Waals surface area (Å²) in [5, 5.41) is 15.9. The molecule has 160 valence electrons. The molecule has 8 heteroatoms. The van der Waals surface area contributed by atoms with Gasteiger partial charge in [0.15, 0.2) is 0 Å². The topological polar surface area (TPSA) is 94.2 Å². The molecular formula is C22H28FN4O3+. The van der Waals surface area contributed by atoms with E-state index in [0.29, 0.717) is 65.5 Å². The number of anilines is 1. The highest BCUT2D eigenvalue weighted by Gasteiger charge is 2.26. The van der Waals surface area contributed by atoms with Crippen molar-refractivity contribution in [3.8, 4) is 0 Å². The number of halogens is 1. The van der Waals surface area contributed by atoms with Gasteiger partial charge >= 0.3 is 0 Å². The maximum atomic E-state index is 13.7. The molecule has 0 fully saturated rings. The van der Waals surface area contributed by atoms with Gasteiger partial charge in [-0.2, -0.15) is 4.65 Å². The zero-order valence-electron chi connectivity index (χ0n) is 17.7. The highest BCUT2D eigenvalue weighted by molar-refractivity contribution is 6.34. The Balaban J connectivity index is 1.83. The van der Waals surface area contributed by atoms with Gasteiger partial charge in [0.05, 0.1) is 17.7 Å². The van der Waals surface area contributed by atoms with Crippen molar-refractivity contribution in [2.24, 2.45) is 0 Å². The Morgan fingerprint density at radius 2 is 1.97 bits per heavy atom. The van der Waals surface area contributed by atoms with Crippen molar-refractivity contribution in [1.82, 2.24) is 10.3 Å². The molecule has 0 aliphatic carbocycles. The molecule has 0 saturated heterocycles. The molecule has 3 rings (SSSR count). The molecule has 0 atom stereocenters. The molecule has 0 spiro atoms. The lowest BCUT2D eigenvalue weighted by molar-refractivity contribution is -1.10. The van der Waals surface area contributed by atoms with Gasteiger partial charge < -0.3 is 15.6 Å². The zero-order valence-corrected chi connectivity index (χ0v) is 17.7. The minimum absolute atomic E-state index is 0.103. The molecular weight excluding hydrogens is 387 g/mol. The lowest BCUT2D eigenvalue weighted by atomic mass is 10.0. The van der Waals surface area contributed by atoms with Crippen molar-refractivity contribution in [2.45, 2.75) is 27.7 Å². The van der Waals surface area contributed by atoms with Gasteiger partial charge in [-0.25, -0.2) is 9.60 Å². The summed E-state index contributed by atoms with van der Waals surface area (Å²) in [6.07, 6.45) is 1.64. The number of rotatable bonds is 7. The monoisotopic (exact) mass is 415 g/mol. The first-order valence-corrected chi connectivity index (χ1v) is 10.1. The summed E-state index contributed by atoms with van der Waals surface area (Å²) in [6.45, 7) is 9.27. The van der Waals surface area contributed by atoms with Crippen molar-refractivity contribution in [2.75, 3.05) is 31.5 Å². The second-order valence-electron chi connectivity index (χ2n) is 7.57. The largest absolute Gasteiger partial charge is 0.358 e. The van der Waals surface area contributed by atoms with Crippen LogP contribution in [-0.4, -0.2) is 52.8 Å². The Kier molecular flexibility index (Phi) is 6.09. The van der Waals surface area contributed by atoms with Crippen molar-refractivity contribution in [1.29, 1.82) is 0 Å². The number of nitrogens with zero attached hydrogens (tertiary/aromatic N) is 1. The fraction of sp³-hybridized carbons (Fsp3) is 0.364. The van der Waals surface area contributed by atoms with Crippen LogP contribution in [0.1, 0.15) is 46.7 Å². The number of carbonyl (C=O) groups excluding carboxylic acids is 2. The number of aryl methyl sites for hydroxylation is 1. The van der Waals surface area contributed by atoms with E-state index < -0.39 is 5.82 Å². The number of likely N-dealkylation sites (N-methyl/N-ethyl adjacent to an activating group) is 1. The van der Waals surface area contributed by atoms with Crippen LogP contribution < -0.4 is 10.6 Å². The lowest BCUT2D eigenvalue weighted by Crippen LogP contribution is -2.49. The number of aromatic amines is 1. The molecule has 30 heavy (non-hydrogen) atoms. The number of hydrogen-bond donors (Lipinski definition) is 4. The van der Waals surface area contributed by atoms with Crippen LogP contribution in [0.4, 0.5) is 10.1 Å². The number of amides is 2. The summed E-state index contributed by atoms with van der Waals surface area (Å²) in [5.41, 5.74) is 3.89. The molecule has 2 aromatic rings. The molecule has 2 amide bonds. The van der Waals surface area contributed by atoms with E-state index in [1.54, 1.807) is 19.9 Å². The fourth-order valence-corrected chi connectivity index (χ4v) is 3.71. The van der Waals surface area contributed by atoms with Gasteiger partial charge in [0.2, 0.25) is 0 Å². The van der Waals surface area contributed by atoms with E-state index in [1.807, 2.05) is 13.8 Å². The number of fused-ring (bicyclic) bond motifs is 1. The maximum Gasteiger partial charge on any atom is 0.256 e. The van der Waals surface area contributed by atoms with E-state index >= 15 is 0 Å². The van der Waals surface area contributed by atoms with Gasteiger partial charge in [-0.3, -0.25) is 9.59 Å². The van der Waals surface area contributed by atoms with Gasteiger partial charge in [0.1, 0.15) is 25.5 Å². The first-order chi connectivity index (χ1) is 14.2. The second-order valence-corrected chi connectivity index (χ2v) is 7.57. The average Bonchev–Trinajstić information content (AvgIpc) is 3.17. The van der Waals surface area contributed by atoms with Crippen LogP contribution in [0.5, 0.6) is 0 Å². The van der Waals surface area contributed by atoms with Crippen LogP contribution in [0.3, 0.4) is 0 Å². The summed E-state index contributed by atoms with van der Waals surface area (Å²) in [7, 11) is 0. The number of aromatic nitrogens is 1. The molecule has 1 aliphatic rings. The zero-order chi connectivity index (χ0) is 22.1. The van der Waals surface area contributed by atoms with Gasteiger partial charge in [-0.15, -0.1) is 0 Å². The molecule has 4 N–H and O–H groups in total. The van der Waals surface area contributed by atoms with Gasteiger partial charge in [-0.1, -0.05) is 0 Å². The first-order valence-electron chi connectivity index (χ1n) is 10.1. The third kappa shape index (κ3) is 4.15. The van der Waals surface area contributed by atoms with Gasteiger partial charge in [0.25, 0.3) is 11.8 Å². The van der Waals surface area contributed by atoms with E-state index in [0.717, 1.165) is 0 Å². The second kappa shape index (κ2) is 8.41. The molecule has 2 heterocycles. The van der Waals surface area contributed by atoms with Gasteiger partial charge in [0, 0.05) is 22.6 Å². The van der Waals surface area contributed by atoms with E-state index in [2.05, 4.69) is 15.6 Å².